The van der Waals surface area contributed by atoms with Gasteiger partial charge in [-0.05, 0) is 48.0 Å². The number of amides is 1. The average Bonchev–Trinajstić information content (AvgIpc) is 3.05. The normalized spacial score (nSPS) is 11.3. The Bertz CT molecular complexity index is 1110. The van der Waals surface area contributed by atoms with Crippen LogP contribution in [0.1, 0.15) is 5.56 Å². The predicted molar refractivity (Wildman–Crippen MR) is 104 cm³/mol. The summed E-state index contributed by atoms with van der Waals surface area (Å²) >= 11 is 0. The minimum absolute atomic E-state index is 0.187. The van der Waals surface area contributed by atoms with Crippen LogP contribution in [-0.4, -0.2) is 13.0 Å². The van der Waals surface area contributed by atoms with Gasteiger partial charge in [0.1, 0.15) is 16.9 Å². The van der Waals surface area contributed by atoms with Gasteiger partial charge in [0.05, 0.1) is 7.11 Å². The van der Waals surface area contributed by atoms with E-state index in [1.165, 1.54) is 6.08 Å². The van der Waals surface area contributed by atoms with E-state index in [0.717, 1.165) is 38.9 Å². The quantitative estimate of drug-likeness (QED) is 0.515. The zero-order valence-corrected chi connectivity index (χ0v) is 14.2. The van der Waals surface area contributed by atoms with Crippen molar-refractivity contribution >= 4 is 39.6 Å². The second-order valence-corrected chi connectivity index (χ2v) is 5.90. The monoisotopic (exact) mass is 343 g/mol. The molecule has 0 aliphatic heterocycles. The molecule has 0 unspecified atom stereocenters. The third-order valence-corrected chi connectivity index (χ3v) is 4.19. The van der Waals surface area contributed by atoms with Gasteiger partial charge in [0.2, 0.25) is 5.91 Å². The number of methoxy groups -OCH3 is 1. The fraction of sp³-hybridized carbons (Fsp3) is 0.0455. The first-order chi connectivity index (χ1) is 12.7. The molecule has 4 aromatic rings. The maximum atomic E-state index is 12.2. The van der Waals surface area contributed by atoms with E-state index in [1.807, 2.05) is 66.7 Å². The van der Waals surface area contributed by atoms with Crippen LogP contribution in [0.4, 0.5) is 5.69 Å². The molecule has 0 saturated carbocycles. The summed E-state index contributed by atoms with van der Waals surface area (Å²) < 4.78 is 10.9. The van der Waals surface area contributed by atoms with Gasteiger partial charge < -0.3 is 14.5 Å². The molecule has 1 heterocycles. The highest BCUT2D eigenvalue weighted by atomic mass is 16.5. The molecular formula is C22H17NO3. The third-order valence-electron chi connectivity index (χ3n) is 4.19. The number of ether oxygens (including phenoxy) is 1. The first-order valence-electron chi connectivity index (χ1n) is 8.27. The SMILES string of the molecule is COc1ccc(/C=C/C(=O)Nc2ccc3oc4ccccc4c3c2)cc1. The summed E-state index contributed by atoms with van der Waals surface area (Å²) in [4.78, 5) is 12.2. The molecule has 0 fully saturated rings. The van der Waals surface area contributed by atoms with Gasteiger partial charge in [-0.15, -0.1) is 0 Å². The Kier molecular flexibility index (Phi) is 4.15. The van der Waals surface area contributed by atoms with E-state index in [4.69, 9.17) is 9.15 Å². The molecule has 1 N–H and O–H groups in total. The number of para-hydroxylation sites is 1. The Morgan fingerprint density at radius 1 is 0.962 bits per heavy atom. The molecule has 0 spiro atoms. The van der Waals surface area contributed by atoms with Crippen LogP contribution in [0.25, 0.3) is 28.0 Å². The van der Waals surface area contributed by atoms with Crippen molar-refractivity contribution in [1.29, 1.82) is 0 Å². The maximum absolute atomic E-state index is 12.2. The summed E-state index contributed by atoms with van der Waals surface area (Å²) in [5.41, 5.74) is 3.30. The maximum Gasteiger partial charge on any atom is 0.248 e. The molecule has 3 aromatic carbocycles. The molecular weight excluding hydrogens is 326 g/mol. The van der Waals surface area contributed by atoms with Gasteiger partial charge in [-0.25, -0.2) is 0 Å². The van der Waals surface area contributed by atoms with Crippen LogP contribution in [0, 0.1) is 0 Å². The van der Waals surface area contributed by atoms with Crippen molar-refractivity contribution in [3.05, 3.63) is 78.4 Å². The molecule has 4 heteroatoms. The molecule has 26 heavy (non-hydrogen) atoms. The van der Waals surface area contributed by atoms with Gasteiger partial charge in [0, 0.05) is 22.5 Å². The smallest absolute Gasteiger partial charge is 0.248 e. The zero-order valence-electron chi connectivity index (χ0n) is 14.2. The molecule has 1 amide bonds. The van der Waals surface area contributed by atoms with Crippen molar-refractivity contribution in [2.75, 3.05) is 12.4 Å². The number of hydrogen-bond acceptors (Lipinski definition) is 3. The lowest BCUT2D eigenvalue weighted by molar-refractivity contribution is -0.111. The molecule has 0 aliphatic carbocycles. The van der Waals surface area contributed by atoms with Crippen LogP contribution >= 0.6 is 0 Å². The molecule has 4 rings (SSSR count). The second kappa shape index (κ2) is 6.76. The van der Waals surface area contributed by atoms with Crippen LogP contribution < -0.4 is 10.1 Å². The Balaban J connectivity index is 1.53. The Morgan fingerprint density at radius 3 is 2.54 bits per heavy atom. The van der Waals surface area contributed by atoms with Crippen LogP contribution in [-0.2, 0) is 4.79 Å². The van der Waals surface area contributed by atoms with E-state index in [0.29, 0.717) is 0 Å². The van der Waals surface area contributed by atoms with Crippen molar-refractivity contribution in [3.63, 3.8) is 0 Å². The lowest BCUT2D eigenvalue weighted by atomic mass is 10.1. The molecule has 0 saturated heterocycles. The van der Waals surface area contributed by atoms with E-state index in [1.54, 1.807) is 13.2 Å². The summed E-state index contributed by atoms with van der Waals surface area (Å²) in [6, 6.07) is 21.0. The van der Waals surface area contributed by atoms with Crippen LogP contribution in [0.3, 0.4) is 0 Å². The number of furan rings is 1. The first kappa shape index (κ1) is 16.0. The van der Waals surface area contributed by atoms with Gasteiger partial charge in [0.15, 0.2) is 0 Å². The Morgan fingerprint density at radius 2 is 1.73 bits per heavy atom. The van der Waals surface area contributed by atoms with Crippen molar-refractivity contribution in [2.45, 2.75) is 0 Å². The summed E-state index contributed by atoms with van der Waals surface area (Å²) in [5.74, 6) is 0.597. The van der Waals surface area contributed by atoms with Gasteiger partial charge in [-0.1, -0.05) is 30.3 Å². The largest absolute Gasteiger partial charge is 0.497 e. The summed E-state index contributed by atoms with van der Waals surface area (Å²) in [5, 5.41) is 4.91. The van der Waals surface area contributed by atoms with E-state index in [9.17, 15) is 4.79 Å². The van der Waals surface area contributed by atoms with Gasteiger partial charge in [-0.2, -0.15) is 0 Å². The van der Waals surface area contributed by atoms with Crippen molar-refractivity contribution in [1.82, 2.24) is 0 Å². The molecule has 0 radical (unpaired) electrons. The average molecular weight is 343 g/mol. The number of fused-ring (bicyclic) bond motifs is 3. The number of carbonyl (C=O) groups is 1. The summed E-state index contributed by atoms with van der Waals surface area (Å²) in [6.07, 6.45) is 3.28. The van der Waals surface area contributed by atoms with Gasteiger partial charge in [0.25, 0.3) is 0 Å². The molecule has 0 bridgehead atoms. The summed E-state index contributed by atoms with van der Waals surface area (Å²) in [6.45, 7) is 0. The van der Waals surface area contributed by atoms with Crippen LogP contribution in [0.5, 0.6) is 5.75 Å². The van der Waals surface area contributed by atoms with Crippen LogP contribution in [0.2, 0.25) is 0 Å². The first-order valence-corrected chi connectivity index (χ1v) is 8.27. The van der Waals surface area contributed by atoms with Gasteiger partial charge in [-0.3, -0.25) is 4.79 Å². The lowest BCUT2D eigenvalue weighted by Gasteiger charge is -2.02. The summed E-state index contributed by atoms with van der Waals surface area (Å²) in [7, 11) is 1.62. The fourth-order valence-corrected chi connectivity index (χ4v) is 2.87. The number of carbonyl (C=O) groups excluding carboxylic acids is 1. The number of anilines is 1. The van der Waals surface area contributed by atoms with E-state index >= 15 is 0 Å². The standard InChI is InChI=1S/C22H17NO3/c1-25-17-10-6-15(7-11-17)8-13-22(24)23-16-9-12-21-19(14-16)18-4-2-3-5-20(18)26-21/h2-14H,1H3,(H,23,24)/b13-8+. The topological polar surface area (TPSA) is 51.5 Å². The Labute approximate surface area is 150 Å². The predicted octanol–water partition coefficient (Wildman–Crippen LogP) is 5.25. The van der Waals surface area contributed by atoms with E-state index < -0.39 is 0 Å². The van der Waals surface area contributed by atoms with E-state index in [2.05, 4.69) is 5.32 Å². The number of benzene rings is 3. The second-order valence-electron chi connectivity index (χ2n) is 5.90. The molecule has 0 aliphatic rings. The minimum Gasteiger partial charge on any atom is -0.497 e. The van der Waals surface area contributed by atoms with Crippen LogP contribution in [0.15, 0.2) is 77.2 Å². The number of hydrogen-bond donors (Lipinski definition) is 1. The zero-order chi connectivity index (χ0) is 17.9. The highest BCUT2D eigenvalue weighted by Crippen LogP contribution is 2.30. The fourth-order valence-electron chi connectivity index (χ4n) is 2.87. The van der Waals surface area contributed by atoms with Crippen molar-refractivity contribution in [2.24, 2.45) is 0 Å². The highest BCUT2D eigenvalue weighted by molar-refractivity contribution is 6.08. The lowest BCUT2D eigenvalue weighted by Crippen LogP contribution is -2.07. The third kappa shape index (κ3) is 3.17. The molecule has 0 atom stereocenters. The molecule has 1 aromatic heterocycles. The van der Waals surface area contributed by atoms with Crippen molar-refractivity contribution in [3.8, 4) is 5.75 Å². The molecule has 4 nitrogen and oxygen atoms in total. The van der Waals surface area contributed by atoms with Crippen molar-refractivity contribution < 1.29 is 13.9 Å². The highest BCUT2D eigenvalue weighted by Gasteiger charge is 2.07. The minimum atomic E-state index is -0.187. The van der Waals surface area contributed by atoms with E-state index in [-0.39, 0.29) is 5.91 Å². The molecule has 128 valence electrons. The Hall–Kier alpha value is -3.53. The number of rotatable bonds is 4. The van der Waals surface area contributed by atoms with Gasteiger partial charge >= 0.3 is 0 Å². The number of nitrogens with one attached hydrogen (secondary N) is 1.